The van der Waals surface area contributed by atoms with Crippen LogP contribution in [-0.2, 0) is 11.2 Å². The predicted molar refractivity (Wildman–Crippen MR) is 76.3 cm³/mol. The maximum absolute atomic E-state index is 13.5. The van der Waals surface area contributed by atoms with Crippen LogP contribution < -0.4 is 0 Å². The van der Waals surface area contributed by atoms with Gasteiger partial charge in [0.05, 0.1) is 22.2 Å². The van der Waals surface area contributed by atoms with Gasteiger partial charge in [0.25, 0.3) is 0 Å². The average molecular weight is 315 g/mol. The Morgan fingerprint density at radius 2 is 2.25 bits per heavy atom. The van der Waals surface area contributed by atoms with Gasteiger partial charge in [-0.2, -0.15) is 5.10 Å². The third-order valence-electron chi connectivity index (χ3n) is 2.58. The highest BCUT2D eigenvalue weighted by molar-refractivity contribution is 7.99. The molecule has 20 heavy (non-hydrogen) atoms. The molecule has 4 nitrogen and oxygen atoms in total. The van der Waals surface area contributed by atoms with Crippen LogP contribution in [0.5, 0.6) is 0 Å². The fourth-order valence-corrected chi connectivity index (χ4v) is 2.50. The standard InChI is InChI=1S/C13H12ClFN2O2S/c1-2-8-5-12(20-7-13(18)19)17(16-8)9-3-4-10(14)11(15)6-9/h3-6H,2,7H2,1H3,(H,18,19). The lowest BCUT2D eigenvalue weighted by molar-refractivity contribution is -0.133. The van der Waals surface area contributed by atoms with E-state index in [2.05, 4.69) is 5.10 Å². The van der Waals surface area contributed by atoms with Crippen LogP contribution >= 0.6 is 23.4 Å². The molecule has 1 aromatic heterocycles. The molecule has 2 aromatic rings. The zero-order chi connectivity index (χ0) is 14.7. The van der Waals surface area contributed by atoms with E-state index in [1.165, 1.54) is 16.8 Å². The van der Waals surface area contributed by atoms with Crippen LogP contribution in [0.1, 0.15) is 12.6 Å². The smallest absolute Gasteiger partial charge is 0.313 e. The number of carboxylic acid groups (broad SMARTS) is 1. The highest BCUT2D eigenvalue weighted by Gasteiger charge is 2.12. The zero-order valence-electron chi connectivity index (χ0n) is 10.6. The van der Waals surface area contributed by atoms with Gasteiger partial charge in [-0.15, -0.1) is 0 Å². The van der Waals surface area contributed by atoms with E-state index in [9.17, 15) is 9.18 Å². The number of aromatic nitrogens is 2. The molecule has 0 saturated heterocycles. The van der Waals surface area contributed by atoms with Crippen molar-refractivity contribution in [3.8, 4) is 5.69 Å². The van der Waals surface area contributed by atoms with Crippen LogP contribution in [-0.4, -0.2) is 26.6 Å². The van der Waals surface area contributed by atoms with Gasteiger partial charge in [-0.05, 0) is 24.6 Å². The van der Waals surface area contributed by atoms with E-state index in [1.807, 2.05) is 6.92 Å². The minimum Gasteiger partial charge on any atom is -0.481 e. The third-order valence-corrected chi connectivity index (χ3v) is 3.87. The number of aryl methyl sites for hydroxylation is 1. The fourth-order valence-electron chi connectivity index (χ4n) is 1.62. The largest absolute Gasteiger partial charge is 0.481 e. The Kier molecular flexibility index (Phi) is 4.67. The summed E-state index contributed by atoms with van der Waals surface area (Å²) in [6, 6.07) is 6.17. The van der Waals surface area contributed by atoms with Crippen molar-refractivity contribution in [2.24, 2.45) is 0 Å². The quantitative estimate of drug-likeness (QED) is 0.859. The van der Waals surface area contributed by atoms with Crippen molar-refractivity contribution in [2.75, 3.05) is 5.75 Å². The van der Waals surface area contributed by atoms with Crippen molar-refractivity contribution in [1.29, 1.82) is 0 Å². The molecule has 0 amide bonds. The van der Waals surface area contributed by atoms with Crippen molar-refractivity contribution in [2.45, 2.75) is 18.4 Å². The number of hydrogen-bond acceptors (Lipinski definition) is 3. The van der Waals surface area contributed by atoms with Crippen molar-refractivity contribution in [1.82, 2.24) is 9.78 Å². The van der Waals surface area contributed by atoms with Gasteiger partial charge in [-0.25, -0.2) is 9.07 Å². The number of aliphatic carboxylic acids is 1. The molecule has 0 bridgehead atoms. The second-order valence-electron chi connectivity index (χ2n) is 4.02. The summed E-state index contributed by atoms with van der Waals surface area (Å²) in [5, 5.41) is 13.8. The number of rotatable bonds is 5. The zero-order valence-corrected chi connectivity index (χ0v) is 12.2. The van der Waals surface area contributed by atoms with E-state index in [0.717, 1.165) is 17.5 Å². The van der Waals surface area contributed by atoms with Gasteiger partial charge in [0.1, 0.15) is 10.8 Å². The lowest BCUT2D eigenvalue weighted by Gasteiger charge is -2.06. The molecule has 1 aromatic carbocycles. The molecule has 0 radical (unpaired) electrons. The molecule has 7 heteroatoms. The SMILES string of the molecule is CCc1cc(SCC(=O)O)n(-c2ccc(Cl)c(F)c2)n1. The number of halogens is 2. The van der Waals surface area contributed by atoms with E-state index in [-0.39, 0.29) is 10.8 Å². The summed E-state index contributed by atoms with van der Waals surface area (Å²) in [5.74, 6) is -1.53. The minimum atomic E-state index is -0.914. The molecule has 2 rings (SSSR count). The Balaban J connectivity index is 2.40. The normalized spacial score (nSPS) is 10.8. The van der Waals surface area contributed by atoms with Crippen LogP contribution in [0.4, 0.5) is 4.39 Å². The number of carboxylic acids is 1. The molecule has 0 aliphatic heterocycles. The average Bonchev–Trinajstić information content (AvgIpc) is 2.83. The number of benzene rings is 1. The number of hydrogen-bond donors (Lipinski definition) is 1. The summed E-state index contributed by atoms with van der Waals surface area (Å²) in [6.07, 6.45) is 0.712. The van der Waals surface area contributed by atoms with Crippen LogP contribution in [0, 0.1) is 5.82 Å². The molecule has 0 atom stereocenters. The van der Waals surface area contributed by atoms with E-state index in [1.54, 1.807) is 12.1 Å². The van der Waals surface area contributed by atoms with Crippen molar-refractivity contribution < 1.29 is 14.3 Å². The molecule has 0 saturated carbocycles. The van der Waals surface area contributed by atoms with Gasteiger partial charge < -0.3 is 5.11 Å². The first-order valence-electron chi connectivity index (χ1n) is 5.90. The van der Waals surface area contributed by atoms with Gasteiger partial charge in [-0.3, -0.25) is 4.79 Å². The number of carbonyl (C=O) groups is 1. The lowest BCUT2D eigenvalue weighted by atomic mass is 10.3. The summed E-state index contributed by atoms with van der Waals surface area (Å²) >= 11 is 6.80. The number of thioether (sulfide) groups is 1. The summed E-state index contributed by atoms with van der Waals surface area (Å²) in [4.78, 5) is 10.7. The van der Waals surface area contributed by atoms with Gasteiger partial charge in [0.15, 0.2) is 0 Å². The van der Waals surface area contributed by atoms with Crippen molar-refractivity contribution in [3.05, 3.63) is 40.8 Å². The monoisotopic (exact) mass is 314 g/mol. The summed E-state index contributed by atoms with van der Waals surface area (Å²) in [6.45, 7) is 1.95. The van der Waals surface area contributed by atoms with Crippen LogP contribution in [0.15, 0.2) is 29.3 Å². The summed E-state index contributed by atoms with van der Waals surface area (Å²) in [5.41, 5.74) is 1.33. The molecular formula is C13H12ClFN2O2S. The molecule has 106 valence electrons. The highest BCUT2D eigenvalue weighted by Crippen LogP contribution is 2.25. The van der Waals surface area contributed by atoms with Gasteiger partial charge in [-0.1, -0.05) is 30.3 Å². The Labute approximate surface area is 124 Å². The number of nitrogens with zero attached hydrogens (tertiary/aromatic N) is 2. The van der Waals surface area contributed by atoms with E-state index in [0.29, 0.717) is 17.1 Å². The van der Waals surface area contributed by atoms with Crippen molar-refractivity contribution in [3.63, 3.8) is 0 Å². The Morgan fingerprint density at radius 1 is 1.50 bits per heavy atom. The summed E-state index contributed by atoms with van der Waals surface area (Å²) in [7, 11) is 0. The maximum atomic E-state index is 13.5. The van der Waals surface area contributed by atoms with E-state index in [4.69, 9.17) is 16.7 Å². The highest BCUT2D eigenvalue weighted by atomic mass is 35.5. The molecule has 0 spiro atoms. The molecule has 1 N–H and O–H groups in total. The first-order chi connectivity index (χ1) is 9.51. The van der Waals surface area contributed by atoms with Crippen LogP contribution in [0.2, 0.25) is 5.02 Å². The van der Waals surface area contributed by atoms with Gasteiger partial charge in [0.2, 0.25) is 0 Å². The molecular weight excluding hydrogens is 303 g/mol. The van der Waals surface area contributed by atoms with Gasteiger partial charge in [0, 0.05) is 6.07 Å². The second-order valence-corrected chi connectivity index (χ2v) is 5.42. The third kappa shape index (κ3) is 3.32. The van der Waals surface area contributed by atoms with Crippen LogP contribution in [0.3, 0.4) is 0 Å². The Hall–Kier alpha value is -1.53. The molecule has 0 aliphatic carbocycles. The van der Waals surface area contributed by atoms with E-state index >= 15 is 0 Å². The van der Waals surface area contributed by atoms with Gasteiger partial charge >= 0.3 is 5.97 Å². The predicted octanol–water partition coefficient (Wildman–Crippen LogP) is 3.40. The first kappa shape index (κ1) is 14.9. The van der Waals surface area contributed by atoms with Crippen molar-refractivity contribution >= 4 is 29.3 Å². The topological polar surface area (TPSA) is 55.1 Å². The second kappa shape index (κ2) is 6.28. The molecule has 0 aliphatic rings. The van der Waals surface area contributed by atoms with E-state index < -0.39 is 11.8 Å². The van der Waals surface area contributed by atoms with Crippen LogP contribution in [0.25, 0.3) is 5.69 Å². The summed E-state index contributed by atoms with van der Waals surface area (Å²) < 4.78 is 15.1. The molecule has 0 unspecified atom stereocenters. The maximum Gasteiger partial charge on any atom is 0.313 e. The fraction of sp³-hybridized carbons (Fsp3) is 0.231. The lowest BCUT2D eigenvalue weighted by Crippen LogP contribution is -2.03. The Bertz CT molecular complexity index is 645. The Morgan fingerprint density at radius 3 is 2.85 bits per heavy atom. The minimum absolute atomic E-state index is 0.0383. The molecule has 1 heterocycles. The first-order valence-corrected chi connectivity index (χ1v) is 7.26. The molecule has 0 fully saturated rings.